The first-order valence-corrected chi connectivity index (χ1v) is 47.9. The first-order valence-electron chi connectivity index (χ1n) is 45.5. The quantitative estimate of drug-likeness (QED) is 0.0584. The number of hydrogen-bond acceptors (Lipinski definition) is 10. The highest BCUT2D eigenvalue weighted by molar-refractivity contribution is 14.0. The molecular formula is C123H82B2Br3IO10. The monoisotopic (exact) mass is 2100 g/mol. The molecule has 0 saturated carbocycles. The Bertz CT molecular complexity index is 9100. The summed E-state index contributed by atoms with van der Waals surface area (Å²) in [6.07, 6.45) is 0. The Balaban J connectivity index is 0.000000108. The fourth-order valence-electron chi connectivity index (χ4n) is 19.6. The molecule has 25 aromatic rings. The molecule has 0 saturated heterocycles. The Morgan fingerprint density at radius 1 is 0.201 bits per heavy atom. The fraction of sp³-hybridized carbons (Fsp3) is 0.00813. The van der Waals surface area contributed by atoms with Gasteiger partial charge in [0.15, 0.2) is 69.0 Å². The molecule has 28 rings (SSSR count). The minimum atomic E-state index is -1.44. The summed E-state index contributed by atoms with van der Waals surface area (Å²) in [6, 6.07) is 151. The summed E-state index contributed by atoms with van der Waals surface area (Å²) in [5, 5.41) is 65.9. The van der Waals surface area contributed by atoms with Crippen LogP contribution in [0.2, 0.25) is 6.82 Å². The van der Waals surface area contributed by atoms with Crippen molar-refractivity contribution in [2.24, 2.45) is 0 Å². The summed E-state index contributed by atoms with van der Waals surface area (Å²) in [6.45, 7) is 1.28. The van der Waals surface area contributed by atoms with Crippen molar-refractivity contribution in [3.8, 4) is 102 Å². The van der Waals surface area contributed by atoms with Crippen molar-refractivity contribution in [3.63, 3.8) is 0 Å². The van der Waals surface area contributed by atoms with Gasteiger partial charge in [-0.05, 0) is 216 Å². The highest BCUT2D eigenvalue weighted by atomic mass is 127. The van der Waals surface area contributed by atoms with Crippen molar-refractivity contribution < 1.29 is 49.9 Å². The smallest absolute Gasteiger partial charge is 0.449 e. The summed E-state index contributed by atoms with van der Waals surface area (Å²) in [7, 11) is -2.60. The largest absolute Gasteiger partial charge is 0.488 e. The van der Waals surface area contributed by atoms with E-state index in [-0.39, 0.29) is 25.4 Å². The Hall–Kier alpha value is -14.9. The van der Waals surface area contributed by atoms with Crippen molar-refractivity contribution >= 4 is 242 Å². The van der Waals surface area contributed by atoms with Crippen LogP contribution in [0.5, 0.6) is 69.0 Å². The maximum atomic E-state index is 9.28. The number of rotatable bonds is 4. The Morgan fingerprint density at radius 3 is 0.827 bits per heavy atom. The standard InChI is InChI=1S/C44H26O2.C24H13BrO2.C24H14O2.C20H15BO2.C10H6Br2.CH5BO2.HI.H2/c1-3-13-31-29(11-1)25-30-12-2-4-14-32(30)41(31)28-23-21-27(22-24-28)39-26-40-42(36-18-8-7-17-35(36)39)46-44-38-20-10-6-16-34(38)33-15-5-9-19-37(33)43(44)45-40;25-20-13-21-22(19-12-6-3-9-16(19)20)27-24-18-11-5-2-8-15(18)14-7-1-4-10-17(14)23(24)26-21;1-2-8-16-15(7-1)13-14-21-22(16)26-24-20-12-6-4-10-18(20)17-9-3-5-11-19(17)23(24)25-21;22-21(23)17-11-9-14(10-12-17)20-18-7-3-1-5-15(18)13-16-6-2-4-8-19(16)20;11-9-6-5-7-3-1-2-4-8(7)10(9)12;1-2(3)4;;/h1-26H;1-13H;1-14H;1-13,22-23H;1-6H;3-4H,1H3;2*1H. The fourth-order valence-corrected chi connectivity index (χ4v) is 21.0. The van der Waals surface area contributed by atoms with Crippen molar-refractivity contribution in [2.45, 2.75) is 6.82 Å². The second kappa shape index (κ2) is 38.2. The van der Waals surface area contributed by atoms with Crippen molar-refractivity contribution in [3.05, 3.63) is 450 Å². The topological polar surface area (TPSA) is 136 Å². The van der Waals surface area contributed by atoms with Gasteiger partial charge in [0.05, 0.1) is 0 Å². The molecule has 0 amide bonds. The maximum Gasteiger partial charge on any atom is 0.488 e. The molecule has 668 valence electrons. The van der Waals surface area contributed by atoms with E-state index in [0.29, 0.717) is 5.46 Å². The van der Waals surface area contributed by atoms with Gasteiger partial charge < -0.3 is 48.5 Å². The first-order chi connectivity index (χ1) is 67.8. The van der Waals surface area contributed by atoms with E-state index in [0.717, 1.165) is 175 Å². The van der Waals surface area contributed by atoms with E-state index in [1.807, 2.05) is 115 Å². The van der Waals surface area contributed by atoms with Gasteiger partial charge in [-0.15, -0.1) is 24.0 Å². The summed E-state index contributed by atoms with van der Waals surface area (Å²) in [4.78, 5) is 0. The van der Waals surface area contributed by atoms with Gasteiger partial charge in [-0.25, -0.2) is 0 Å². The Morgan fingerprint density at radius 2 is 0.453 bits per heavy atom. The minimum absolute atomic E-state index is 0. The van der Waals surface area contributed by atoms with Gasteiger partial charge in [-0.2, -0.15) is 0 Å². The van der Waals surface area contributed by atoms with Crippen molar-refractivity contribution in [1.82, 2.24) is 0 Å². The van der Waals surface area contributed by atoms with Crippen LogP contribution in [0.1, 0.15) is 1.43 Å². The molecule has 16 heteroatoms. The van der Waals surface area contributed by atoms with Crippen LogP contribution in [0.15, 0.2) is 450 Å². The zero-order valence-corrected chi connectivity index (χ0v) is 81.6. The summed E-state index contributed by atoms with van der Waals surface area (Å²) in [5.74, 6) is 9.21. The van der Waals surface area contributed by atoms with Crippen LogP contribution in [0.3, 0.4) is 0 Å². The lowest BCUT2D eigenvalue weighted by molar-refractivity contribution is 0.370. The lowest BCUT2D eigenvalue weighted by atomic mass is 9.79. The van der Waals surface area contributed by atoms with E-state index >= 15 is 0 Å². The minimum Gasteiger partial charge on any atom is -0.449 e. The zero-order valence-electron chi connectivity index (χ0n) is 74.5. The average molecular weight is 2110 g/mol. The molecule has 0 atom stereocenters. The number of hydrogen-bond donors (Lipinski definition) is 4. The maximum absolute atomic E-state index is 9.28. The molecule has 0 aliphatic carbocycles. The van der Waals surface area contributed by atoms with Gasteiger partial charge in [0.25, 0.3) is 0 Å². The van der Waals surface area contributed by atoms with Crippen LogP contribution in [0, 0.1) is 0 Å². The van der Waals surface area contributed by atoms with Crippen LogP contribution in [0.25, 0.3) is 184 Å². The first kappa shape index (κ1) is 89.3. The van der Waals surface area contributed by atoms with E-state index in [2.05, 4.69) is 357 Å². The van der Waals surface area contributed by atoms with E-state index in [1.165, 1.54) is 98.9 Å². The van der Waals surface area contributed by atoms with E-state index in [9.17, 15) is 10.0 Å². The molecule has 4 N–H and O–H groups in total. The molecule has 3 aliphatic rings. The third-order valence-electron chi connectivity index (χ3n) is 25.8. The molecule has 0 bridgehead atoms. The van der Waals surface area contributed by atoms with Gasteiger partial charge in [-0.1, -0.05) is 416 Å². The van der Waals surface area contributed by atoms with Crippen LogP contribution in [-0.4, -0.2) is 34.3 Å². The van der Waals surface area contributed by atoms with Crippen molar-refractivity contribution in [1.29, 1.82) is 0 Å². The molecule has 3 aliphatic heterocycles. The highest BCUT2D eigenvalue weighted by Gasteiger charge is 2.32. The number of ether oxygens (including phenoxy) is 6. The lowest BCUT2D eigenvalue weighted by Gasteiger charge is -2.26. The molecule has 0 radical (unpaired) electrons. The predicted octanol–water partition coefficient (Wildman–Crippen LogP) is 35.2. The molecule has 0 unspecified atom stereocenters. The van der Waals surface area contributed by atoms with Gasteiger partial charge in [0.1, 0.15) is 0 Å². The molecular weight excluding hydrogens is 2030 g/mol. The van der Waals surface area contributed by atoms with Gasteiger partial charge >= 0.3 is 14.2 Å². The van der Waals surface area contributed by atoms with Crippen LogP contribution in [0.4, 0.5) is 0 Å². The third kappa shape index (κ3) is 16.7. The molecule has 10 nitrogen and oxygen atoms in total. The van der Waals surface area contributed by atoms with E-state index in [4.69, 9.17) is 38.5 Å². The van der Waals surface area contributed by atoms with Crippen molar-refractivity contribution in [2.75, 3.05) is 0 Å². The normalized spacial score (nSPS) is 11.7. The van der Waals surface area contributed by atoms with Crippen LogP contribution < -0.4 is 33.9 Å². The SMILES string of the molecule is Brc1cc2c(c3ccccc13)Oc1c(c3ccccc3c3ccccc13)O2.Brc1ccc2ccccc2c1Br.CB(O)O.I.OB(O)c1ccc(-c2c3ccccc3cc3ccccc23)cc1.[HH].c1ccc2c(-c3ccc(-c4cc5c(c6ccccc46)Oc4c(c6ccccc6c6ccccc46)O5)cc3)c3ccccc3cc2c1.c1ccc2c3c(ccc2c1)Oc1c(c2ccccc2c2ccccc12)O3. The number of benzene rings is 25. The van der Waals surface area contributed by atoms with Crippen LogP contribution in [-0.2, 0) is 0 Å². The third-order valence-corrected chi connectivity index (χ3v) is 28.5. The predicted molar refractivity (Wildman–Crippen MR) is 600 cm³/mol. The molecule has 25 aromatic carbocycles. The second-order valence-corrected chi connectivity index (χ2v) is 36.7. The Kier molecular flexibility index (Phi) is 24.6. The molecule has 0 fully saturated rings. The molecule has 3 heterocycles. The zero-order chi connectivity index (χ0) is 93.2. The second-order valence-electron chi connectivity index (χ2n) is 34.2. The van der Waals surface area contributed by atoms with Gasteiger partial charge in [0, 0.05) is 63.3 Å². The van der Waals surface area contributed by atoms with E-state index < -0.39 is 14.2 Å². The molecule has 0 aromatic heterocycles. The summed E-state index contributed by atoms with van der Waals surface area (Å²) >= 11 is 10.7. The highest BCUT2D eigenvalue weighted by Crippen LogP contribution is 2.60. The van der Waals surface area contributed by atoms with Gasteiger partial charge in [0.2, 0.25) is 0 Å². The Labute approximate surface area is 844 Å². The molecule has 0 spiro atoms. The lowest BCUT2D eigenvalue weighted by Crippen LogP contribution is -2.29. The summed E-state index contributed by atoms with van der Waals surface area (Å²) in [5.41, 5.74) is 7.46. The van der Waals surface area contributed by atoms with Gasteiger partial charge in [-0.3, -0.25) is 0 Å². The number of fused-ring (bicyclic) bond motifs is 32. The van der Waals surface area contributed by atoms with Crippen LogP contribution >= 0.6 is 71.8 Å². The molecule has 139 heavy (non-hydrogen) atoms. The summed E-state index contributed by atoms with van der Waals surface area (Å²) < 4.78 is 42.7. The van der Waals surface area contributed by atoms with E-state index in [1.54, 1.807) is 12.1 Å². The number of halogens is 4. The average Bonchev–Trinajstić information content (AvgIpc) is 0.726.